The van der Waals surface area contributed by atoms with Gasteiger partial charge < -0.3 is 18.8 Å². The van der Waals surface area contributed by atoms with E-state index < -0.39 is 12.1 Å². The number of hydrogen-bond acceptors (Lipinski definition) is 6. The lowest BCUT2D eigenvalue weighted by atomic mass is 10.0. The van der Waals surface area contributed by atoms with Crippen LogP contribution in [0.15, 0.2) is 47.3 Å². The summed E-state index contributed by atoms with van der Waals surface area (Å²) >= 11 is 0. The van der Waals surface area contributed by atoms with E-state index in [1.165, 1.54) is 14.2 Å². The lowest BCUT2D eigenvalue weighted by molar-refractivity contribution is 0.0600. The third-order valence-electron chi connectivity index (χ3n) is 6.26. The van der Waals surface area contributed by atoms with E-state index in [0.29, 0.717) is 34.3 Å². The van der Waals surface area contributed by atoms with Gasteiger partial charge in [-0.1, -0.05) is 6.07 Å². The maximum absolute atomic E-state index is 12.8. The third-order valence-corrected chi connectivity index (χ3v) is 6.26. The molecule has 0 aliphatic heterocycles. The van der Waals surface area contributed by atoms with Crippen LogP contribution in [0.3, 0.4) is 0 Å². The highest BCUT2D eigenvalue weighted by atomic mass is 16.6. The molecule has 1 heterocycles. The molecule has 34 heavy (non-hydrogen) atoms. The van der Waals surface area contributed by atoms with E-state index in [-0.39, 0.29) is 11.5 Å². The fourth-order valence-corrected chi connectivity index (χ4v) is 4.38. The summed E-state index contributed by atoms with van der Waals surface area (Å²) in [4.78, 5) is 36.9. The van der Waals surface area contributed by atoms with Crippen molar-refractivity contribution in [3.05, 3.63) is 69.5 Å². The minimum Gasteiger partial charge on any atom is -0.496 e. The molecule has 0 radical (unpaired) electrons. The van der Waals surface area contributed by atoms with Crippen molar-refractivity contribution in [2.45, 2.75) is 38.2 Å². The van der Waals surface area contributed by atoms with Gasteiger partial charge in [0.2, 0.25) is 0 Å². The van der Waals surface area contributed by atoms with Crippen molar-refractivity contribution in [2.75, 3.05) is 19.5 Å². The standard InChI is InChI=1S/C26H28N2O6/c1-28-19(12-16-8-9-17(25(30)33-3)13-24(16)32-2)15-23(29)21-11-10-18(14-22(21)28)27-26(31)34-20-6-4-5-7-20/h8-11,13-15,20H,4-7,12H2,1-3H3,(H,27,31). The van der Waals surface area contributed by atoms with Gasteiger partial charge in [-0.05, 0) is 56.0 Å². The predicted octanol–water partition coefficient (Wildman–Crippen LogP) is 4.42. The number of rotatable bonds is 6. The van der Waals surface area contributed by atoms with E-state index in [1.54, 1.807) is 42.5 Å². The second-order valence-corrected chi connectivity index (χ2v) is 8.42. The van der Waals surface area contributed by atoms with Crippen LogP contribution < -0.4 is 15.5 Å². The van der Waals surface area contributed by atoms with Crippen molar-refractivity contribution in [1.29, 1.82) is 0 Å². The lowest BCUT2D eigenvalue weighted by Crippen LogP contribution is -2.20. The molecule has 2 aromatic carbocycles. The molecule has 1 aliphatic carbocycles. The number of nitrogens with zero attached hydrogens (tertiary/aromatic N) is 1. The quantitative estimate of drug-likeness (QED) is 0.543. The van der Waals surface area contributed by atoms with Crippen molar-refractivity contribution in [3.63, 3.8) is 0 Å². The van der Waals surface area contributed by atoms with Gasteiger partial charge in [0.15, 0.2) is 5.43 Å². The van der Waals surface area contributed by atoms with Gasteiger partial charge in [0.25, 0.3) is 0 Å². The van der Waals surface area contributed by atoms with E-state index in [2.05, 4.69) is 5.32 Å². The van der Waals surface area contributed by atoms with E-state index >= 15 is 0 Å². The molecule has 1 saturated carbocycles. The zero-order valence-electron chi connectivity index (χ0n) is 19.6. The van der Waals surface area contributed by atoms with Crippen molar-refractivity contribution < 1.29 is 23.8 Å². The van der Waals surface area contributed by atoms with E-state index in [1.807, 2.05) is 11.6 Å². The molecule has 4 rings (SSSR count). The second kappa shape index (κ2) is 9.99. The van der Waals surface area contributed by atoms with Crippen LogP contribution in [0.25, 0.3) is 10.9 Å². The highest BCUT2D eigenvalue weighted by Crippen LogP contribution is 2.26. The molecule has 3 aromatic rings. The fraction of sp³-hybridized carbons (Fsp3) is 0.346. The monoisotopic (exact) mass is 464 g/mol. The van der Waals surface area contributed by atoms with Gasteiger partial charge in [0.05, 0.1) is 25.3 Å². The van der Waals surface area contributed by atoms with Crippen LogP contribution in [-0.4, -0.2) is 37.0 Å². The van der Waals surface area contributed by atoms with E-state index in [4.69, 9.17) is 14.2 Å². The first kappa shape index (κ1) is 23.4. The summed E-state index contributed by atoms with van der Waals surface area (Å²) in [6.45, 7) is 0. The van der Waals surface area contributed by atoms with Gasteiger partial charge in [-0.25, -0.2) is 9.59 Å². The Kier molecular flexibility index (Phi) is 6.86. The summed E-state index contributed by atoms with van der Waals surface area (Å²) in [5.74, 6) is 0.0787. The van der Waals surface area contributed by atoms with E-state index in [0.717, 1.165) is 36.9 Å². The number of ether oxygens (including phenoxy) is 3. The molecule has 178 valence electrons. The van der Waals surface area contributed by atoms with Crippen LogP contribution in [-0.2, 0) is 22.9 Å². The Morgan fingerprint density at radius 1 is 1.06 bits per heavy atom. The number of methoxy groups -OCH3 is 2. The average molecular weight is 465 g/mol. The van der Waals surface area contributed by atoms with Gasteiger partial charge >= 0.3 is 12.1 Å². The first-order chi connectivity index (χ1) is 16.4. The number of hydrogen-bond donors (Lipinski definition) is 1. The van der Waals surface area contributed by atoms with Crippen molar-refractivity contribution in [3.8, 4) is 5.75 Å². The maximum Gasteiger partial charge on any atom is 0.411 e. The minimum atomic E-state index is -0.483. The van der Waals surface area contributed by atoms with Crippen LogP contribution in [0, 0.1) is 0 Å². The van der Waals surface area contributed by atoms with Crippen molar-refractivity contribution in [2.24, 2.45) is 7.05 Å². The maximum atomic E-state index is 12.8. The number of fused-ring (bicyclic) bond motifs is 1. The number of carbonyl (C=O) groups is 2. The largest absolute Gasteiger partial charge is 0.496 e. The van der Waals surface area contributed by atoms with Crippen molar-refractivity contribution in [1.82, 2.24) is 4.57 Å². The molecule has 1 fully saturated rings. The minimum absolute atomic E-state index is 0.0306. The second-order valence-electron chi connectivity index (χ2n) is 8.42. The number of aromatic nitrogens is 1. The Hall–Kier alpha value is -3.81. The van der Waals surface area contributed by atoms with Gasteiger partial charge in [-0.2, -0.15) is 0 Å². The first-order valence-electron chi connectivity index (χ1n) is 11.2. The Balaban J connectivity index is 1.62. The summed E-state index contributed by atoms with van der Waals surface area (Å²) in [5, 5.41) is 3.33. The molecule has 1 aliphatic rings. The molecule has 0 bridgehead atoms. The highest BCUT2D eigenvalue weighted by molar-refractivity contribution is 5.90. The molecule has 1 aromatic heterocycles. The molecular formula is C26H28N2O6. The molecule has 8 nitrogen and oxygen atoms in total. The smallest absolute Gasteiger partial charge is 0.411 e. The van der Waals surface area contributed by atoms with Gasteiger partial charge in [0, 0.05) is 41.9 Å². The SMILES string of the molecule is COC(=O)c1ccc(Cc2cc(=O)c3ccc(NC(=O)OC4CCCC4)cc3n2C)c(OC)c1. The number of anilines is 1. The first-order valence-corrected chi connectivity index (χ1v) is 11.2. The normalized spacial score (nSPS) is 13.6. The molecule has 0 atom stereocenters. The number of pyridine rings is 1. The summed E-state index contributed by atoms with van der Waals surface area (Å²) in [7, 11) is 4.72. The Morgan fingerprint density at radius 3 is 2.53 bits per heavy atom. The van der Waals surface area contributed by atoms with Crippen LogP contribution in [0.5, 0.6) is 5.75 Å². The predicted molar refractivity (Wildman–Crippen MR) is 129 cm³/mol. The highest BCUT2D eigenvalue weighted by Gasteiger charge is 2.19. The molecular weight excluding hydrogens is 436 g/mol. The van der Waals surface area contributed by atoms with Crippen LogP contribution in [0.2, 0.25) is 0 Å². The molecule has 0 unspecified atom stereocenters. The van der Waals surface area contributed by atoms with Crippen molar-refractivity contribution >= 4 is 28.7 Å². The molecule has 1 N–H and O–H groups in total. The van der Waals surface area contributed by atoms with Gasteiger partial charge in [-0.15, -0.1) is 0 Å². The molecule has 1 amide bonds. The van der Waals surface area contributed by atoms with Crippen LogP contribution >= 0.6 is 0 Å². The number of carbonyl (C=O) groups excluding carboxylic acids is 2. The summed E-state index contributed by atoms with van der Waals surface area (Å²) < 4.78 is 17.6. The lowest BCUT2D eigenvalue weighted by Gasteiger charge is -2.16. The zero-order valence-corrected chi connectivity index (χ0v) is 19.6. The number of nitrogens with one attached hydrogen (secondary N) is 1. The Bertz CT molecular complexity index is 1290. The fourth-order valence-electron chi connectivity index (χ4n) is 4.38. The van der Waals surface area contributed by atoms with Gasteiger partial charge in [-0.3, -0.25) is 10.1 Å². The summed E-state index contributed by atoms with van der Waals surface area (Å²) in [6, 6.07) is 11.9. The topological polar surface area (TPSA) is 95.9 Å². The number of esters is 1. The Morgan fingerprint density at radius 2 is 1.82 bits per heavy atom. The Labute approximate surface area is 197 Å². The van der Waals surface area contributed by atoms with Crippen LogP contribution in [0.4, 0.5) is 10.5 Å². The average Bonchev–Trinajstić information content (AvgIpc) is 3.34. The van der Waals surface area contributed by atoms with Gasteiger partial charge in [0.1, 0.15) is 11.9 Å². The molecule has 0 spiro atoms. The summed E-state index contributed by atoms with van der Waals surface area (Å²) in [6.07, 6.45) is 3.84. The van der Waals surface area contributed by atoms with Crippen LogP contribution in [0.1, 0.15) is 47.3 Å². The number of aryl methyl sites for hydroxylation is 1. The summed E-state index contributed by atoms with van der Waals surface area (Å²) in [5.41, 5.74) is 3.09. The third kappa shape index (κ3) is 4.90. The molecule has 0 saturated heterocycles. The zero-order chi connectivity index (χ0) is 24.2. The van der Waals surface area contributed by atoms with E-state index in [9.17, 15) is 14.4 Å². The number of amides is 1. The molecule has 8 heteroatoms. The number of benzene rings is 2.